The van der Waals surface area contributed by atoms with Gasteiger partial charge < -0.3 is 20.1 Å². The number of rotatable bonds is 5. The van der Waals surface area contributed by atoms with Gasteiger partial charge in [0.2, 0.25) is 0 Å². The molecule has 0 bridgehead atoms. The predicted octanol–water partition coefficient (Wildman–Crippen LogP) is 1.55. The molecule has 0 aliphatic carbocycles. The zero-order chi connectivity index (χ0) is 14.5. The van der Waals surface area contributed by atoms with Crippen LogP contribution in [0, 0.1) is 0 Å². The standard InChI is InChI=1S/C16H26N2O2/c1-12(15-6-4-5-14(9-15)11-19)17-13(2)16-10-18(3)7-8-20-16/h4-6,9,12-13,16-17,19H,7-8,10-11H2,1-3H3. The number of ether oxygens (including phenoxy) is 1. The van der Waals surface area contributed by atoms with Crippen LogP contribution in [0.5, 0.6) is 0 Å². The highest BCUT2D eigenvalue weighted by molar-refractivity contribution is 5.25. The van der Waals surface area contributed by atoms with Crippen LogP contribution in [0.25, 0.3) is 0 Å². The molecule has 0 saturated carbocycles. The molecular formula is C16H26N2O2. The molecule has 1 saturated heterocycles. The van der Waals surface area contributed by atoms with Gasteiger partial charge in [-0.2, -0.15) is 0 Å². The number of aliphatic hydroxyl groups is 1. The van der Waals surface area contributed by atoms with Gasteiger partial charge >= 0.3 is 0 Å². The first-order valence-corrected chi connectivity index (χ1v) is 7.36. The Labute approximate surface area is 121 Å². The minimum absolute atomic E-state index is 0.0899. The van der Waals surface area contributed by atoms with Gasteiger partial charge in [-0.3, -0.25) is 0 Å². The fourth-order valence-corrected chi connectivity index (χ4v) is 2.67. The lowest BCUT2D eigenvalue weighted by atomic mass is 10.0. The second-order valence-corrected chi connectivity index (χ2v) is 5.75. The number of hydrogen-bond donors (Lipinski definition) is 2. The van der Waals surface area contributed by atoms with Crippen LogP contribution in [0.3, 0.4) is 0 Å². The lowest BCUT2D eigenvalue weighted by Gasteiger charge is -2.35. The first kappa shape index (κ1) is 15.4. The maximum atomic E-state index is 9.21. The zero-order valence-electron chi connectivity index (χ0n) is 12.7. The van der Waals surface area contributed by atoms with E-state index < -0.39 is 0 Å². The summed E-state index contributed by atoms with van der Waals surface area (Å²) in [4.78, 5) is 2.31. The van der Waals surface area contributed by atoms with E-state index in [1.54, 1.807) is 0 Å². The van der Waals surface area contributed by atoms with Gasteiger partial charge in [0.15, 0.2) is 0 Å². The molecule has 1 fully saturated rings. The fourth-order valence-electron chi connectivity index (χ4n) is 2.67. The number of hydrogen-bond acceptors (Lipinski definition) is 4. The van der Waals surface area contributed by atoms with E-state index in [1.165, 1.54) is 5.56 Å². The summed E-state index contributed by atoms with van der Waals surface area (Å²) in [6, 6.07) is 8.63. The fraction of sp³-hybridized carbons (Fsp3) is 0.625. The van der Waals surface area contributed by atoms with E-state index in [4.69, 9.17) is 4.74 Å². The molecule has 1 aromatic carbocycles. The average Bonchev–Trinajstić information content (AvgIpc) is 2.47. The third-order valence-electron chi connectivity index (χ3n) is 4.00. The Hall–Kier alpha value is -0.940. The van der Waals surface area contributed by atoms with Gasteiger partial charge in [0.25, 0.3) is 0 Å². The molecule has 1 aromatic rings. The van der Waals surface area contributed by atoms with Crippen molar-refractivity contribution in [2.24, 2.45) is 0 Å². The predicted molar refractivity (Wildman–Crippen MR) is 80.6 cm³/mol. The van der Waals surface area contributed by atoms with E-state index in [9.17, 15) is 5.11 Å². The Bertz CT molecular complexity index is 425. The van der Waals surface area contributed by atoms with E-state index in [0.717, 1.165) is 25.3 Å². The smallest absolute Gasteiger partial charge is 0.0852 e. The quantitative estimate of drug-likeness (QED) is 0.858. The number of nitrogens with zero attached hydrogens (tertiary/aromatic N) is 1. The van der Waals surface area contributed by atoms with Crippen LogP contribution >= 0.6 is 0 Å². The Kier molecular flexibility index (Phi) is 5.54. The molecule has 1 heterocycles. The van der Waals surface area contributed by atoms with Gasteiger partial charge in [0, 0.05) is 25.2 Å². The lowest BCUT2D eigenvalue weighted by molar-refractivity contribution is -0.0368. The van der Waals surface area contributed by atoms with E-state index >= 15 is 0 Å². The molecule has 112 valence electrons. The summed E-state index contributed by atoms with van der Waals surface area (Å²) in [5.74, 6) is 0. The molecule has 3 atom stereocenters. The Morgan fingerprint density at radius 3 is 2.95 bits per heavy atom. The number of aliphatic hydroxyl groups excluding tert-OH is 1. The van der Waals surface area contributed by atoms with Crippen molar-refractivity contribution >= 4 is 0 Å². The lowest BCUT2D eigenvalue weighted by Crippen LogP contribution is -2.50. The SMILES string of the molecule is CC(NC(C)C1CN(C)CCO1)c1cccc(CO)c1. The Balaban J connectivity index is 1.94. The molecular weight excluding hydrogens is 252 g/mol. The van der Waals surface area contributed by atoms with Crippen molar-refractivity contribution in [3.05, 3.63) is 35.4 Å². The molecule has 0 spiro atoms. The van der Waals surface area contributed by atoms with Gasteiger partial charge in [-0.25, -0.2) is 0 Å². The summed E-state index contributed by atoms with van der Waals surface area (Å²) in [5.41, 5.74) is 2.16. The molecule has 4 heteroatoms. The van der Waals surface area contributed by atoms with Crippen molar-refractivity contribution in [2.75, 3.05) is 26.7 Å². The Morgan fingerprint density at radius 1 is 1.45 bits per heavy atom. The van der Waals surface area contributed by atoms with Crippen molar-refractivity contribution in [2.45, 2.75) is 38.6 Å². The van der Waals surface area contributed by atoms with Crippen molar-refractivity contribution in [3.63, 3.8) is 0 Å². The molecule has 2 N–H and O–H groups in total. The van der Waals surface area contributed by atoms with Crippen molar-refractivity contribution in [3.8, 4) is 0 Å². The minimum Gasteiger partial charge on any atom is -0.392 e. The van der Waals surface area contributed by atoms with Crippen LogP contribution < -0.4 is 5.32 Å². The molecule has 3 unspecified atom stereocenters. The van der Waals surface area contributed by atoms with Crippen molar-refractivity contribution in [1.82, 2.24) is 10.2 Å². The van der Waals surface area contributed by atoms with Gasteiger partial charge in [-0.15, -0.1) is 0 Å². The maximum Gasteiger partial charge on any atom is 0.0852 e. The van der Waals surface area contributed by atoms with E-state index in [2.05, 4.69) is 43.2 Å². The summed E-state index contributed by atoms with van der Waals surface area (Å²) in [7, 11) is 2.14. The second-order valence-electron chi connectivity index (χ2n) is 5.75. The first-order chi connectivity index (χ1) is 9.60. The van der Waals surface area contributed by atoms with Crippen molar-refractivity contribution < 1.29 is 9.84 Å². The van der Waals surface area contributed by atoms with Gasteiger partial charge in [-0.1, -0.05) is 24.3 Å². The molecule has 2 rings (SSSR count). The van der Waals surface area contributed by atoms with E-state index in [0.29, 0.717) is 6.04 Å². The maximum absolute atomic E-state index is 9.21. The third-order valence-corrected chi connectivity index (χ3v) is 4.00. The molecule has 0 aromatic heterocycles. The van der Waals surface area contributed by atoms with Gasteiger partial charge in [0.1, 0.15) is 0 Å². The number of morpholine rings is 1. The van der Waals surface area contributed by atoms with E-state index in [-0.39, 0.29) is 18.8 Å². The summed E-state index contributed by atoms with van der Waals surface area (Å²) >= 11 is 0. The first-order valence-electron chi connectivity index (χ1n) is 7.36. The highest BCUT2D eigenvalue weighted by Crippen LogP contribution is 2.17. The molecule has 1 aliphatic rings. The van der Waals surface area contributed by atoms with Crippen LogP contribution in [0.4, 0.5) is 0 Å². The number of benzene rings is 1. The van der Waals surface area contributed by atoms with Crippen molar-refractivity contribution in [1.29, 1.82) is 0 Å². The highest BCUT2D eigenvalue weighted by atomic mass is 16.5. The summed E-state index contributed by atoms with van der Waals surface area (Å²) in [6.07, 6.45) is 0.234. The second kappa shape index (κ2) is 7.18. The number of likely N-dealkylation sites (N-methyl/N-ethyl adjacent to an activating group) is 1. The van der Waals surface area contributed by atoms with Crippen LogP contribution in [0.15, 0.2) is 24.3 Å². The molecule has 0 radical (unpaired) electrons. The summed E-state index contributed by atoms with van der Waals surface area (Å²) < 4.78 is 5.85. The summed E-state index contributed by atoms with van der Waals surface area (Å²) in [5, 5.41) is 12.8. The van der Waals surface area contributed by atoms with E-state index in [1.807, 2.05) is 12.1 Å². The normalized spacial score (nSPS) is 23.5. The molecule has 4 nitrogen and oxygen atoms in total. The topological polar surface area (TPSA) is 44.7 Å². The molecule has 0 amide bonds. The van der Waals surface area contributed by atoms with Crippen LogP contribution in [0.2, 0.25) is 0 Å². The largest absolute Gasteiger partial charge is 0.392 e. The highest BCUT2D eigenvalue weighted by Gasteiger charge is 2.24. The van der Waals surface area contributed by atoms with Gasteiger partial charge in [0.05, 0.1) is 19.3 Å². The van der Waals surface area contributed by atoms with Crippen LogP contribution in [-0.2, 0) is 11.3 Å². The summed E-state index contributed by atoms with van der Waals surface area (Å²) in [6.45, 7) is 7.21. The third kappa shape index (κ3) is 4.03. The average molecular weight is 278 g/mol. The van der Waals surface area contributed by atoms with Crippen LogP contribution in [-0.4, -0.2) is 48.9 Å². The Morgan fingerprint density at radius 2 is 2.25 bits per heavy atom. The monoisotopic (exact) mass is 278 g/mol. The van der Waals surface area contributed by atoms with Crippen LogP contribution in [0.1, 0.15) is 31.0 Å². The minimum atomic E-state index is 0.0899. The molecule has 20 heavy (non-hydrogen) atoms. The zero-order valence-corrected chi connectivity index (χ0v) is 12.7. The van der Waals surface area contributed by atoms with Gasteiger partial charge in [-0.05, 0) is 32.0 Å². The number of nitrogens with one attached hydrogen (secondary N) is 1. The molecule has 1 aliphatic heterocycles.